The molecule has 1 fully saturated rings. The zero-order valence-corrected chi connectivity index (χ0v) is 9.94. The molecule has 2 N–H and O–H groups in total. The van der Waals surface area contributed by atoms with Gasteiger partial charge in [0.25, 0.3) is 0 Å². The van der Waals surface area contributed by atoms with Gasteiger partial charge >= 0.3 is 0 Å². The summed E-state index contributed by atoms with van der Waals surface area (Å²) in [6, 6.07) is 0. The molecule has 0 aromatic rings. The van der Waals surface area contributed by atoms with E-state index in [0.717, 1.165) is 12.8 Å². The summed E-state index contributed by atoms with van der Waals surface area (Å²) in [5.74, 6) is 0. The second-order valence-electron chi connectivity index (χ2n) is 6.19. The van der Waals surface area contributed by atoms with Crippen molar-refractivity contribution in [2.24, 2.45) is 5.73 Å². The molecule has 78 valence electrons. The fourth-order valence-electron chi connectivity index (χ4n) is 3.10. The molecule has 2 heteroatoms. The number of rotatable bonds is 0. The predicted molar refractivity (Wildman–Crippen MR) is 57.7 cm³/mol. The Morgan fingerprint density at radius 3 is 1.54 bits per heavy atom. The van der Waals surface area contributed by atoms with Crippen molar-refractivity contribution in [3.8, 4) is 0 Å². The fourth-order valence-corrected chi connectivity index (χ4v) is 3.10. The van der Waals surface area contributed by atoms with E-state index < -0.39 is 0 Å². The largest absolute Gasteiger partial charge is 0.325 e. The van der Waals surface area contributed by atoms with Crippen LogP contribution in [0.2, 0.25) is 0 Å². The van der Waals surface area contributed by atoms with Crippen LogP contribution in [-0.4, -0.2) is 28.6 Å². The highest BCUT2D eigenvalue weighted by Gasteiger charge is 2.46. The summed E-state index contributed by atoms with van der Waals surface area (Å²) in [7, 11) is 2.20. The zero-order chi connectivity index (χ0) is 10.5. The van der Waals surface area contributed by atoms with Gasteiger partial charge in [-0.3, -0.25) is 4.90 Å². The maximum Gasteiger partial charge on any atom is 0.0172 e. The lowest BCUT2D eigenvalue weighted by molar-refractivity contribution is -0.0352. The Kier molecular flexibility index (Phi) is 2.29. The second-order valence-corrected chi connectivity index (χ2v) is 6.19. The SMILES string of the molecule is CN1C(C)(C)CC(C)(N)CC1(C)C. The third-order valence-electron chi connectivity index (χ3n) is 3.49. The van der Waals surface area contributed by atoms with Crippen LogP contribution in [0.15, 0.2) is 0 Å². The Morgan fingerprint density at radius 2 is 1.23 bits per heavy atom. The lowest BCUT2D eigenvalue weighted by atomic mass is 9.71. The molecule has 2 nitrogen and oxygen atoms in total. The van der Waals surface area contributed by atoms with Gasteiger partial charge in [-0.15, -0.1) is 0 Å². The van der Waals surface area contributed by atoms with Crippen molar-refractivity contribution < 1.29 is 0 Å². The summed E-state index contributed by atoms with van der Waals surface area (Å²) in [5.41, 5.74) is 6.68. The van der Waals surface area contributed by atoms with Crippen LogP contribution in [0.3, 0.4) is 0 Å². The first kappa shape index (κ1) is 11.0. The predicted octanol–water partition coefficient (Wildman–Crippen LogP) is 1.99. The summed E-state index contributed by atoms with van der Waals surface area (Å²) in [5, 5.41) is 0. The Labute approximate surface area is 82.5 Å². The third-order valence-corrected chi connectivity index (χ3v) is 3.49. The van der Waals surface area contributed by atoms with E-state index in [1.54, 1.807) is 0 Å². The molecule has 0 amide bonds. The monoisotopic (exact) mass is 184 g/mol. The van der Waals surface area contributed by atoms with Crippen LogP contribution in [-0.2, 0) is 0 Å². The van der Waals surface area contributed by atoms with Gasteiger partial charge in [-0.2, -0.15) is 0 Å². The summed E-state index contributed by atoms with van der Waals surface area (Å²) in [4.78, 5) is 2.45. The van der Waals surface area contributed by atoms with Crippen LogP contribution in [0.4, 0.5) is 0 Å². The molecule has 0 spiro atoms. The molecule has 0 saturated carbocycles. The first-order chi connectivity index (χ1) is 5.57. The zero-order valence-electron chi connectivity index (χ0n) is 9.94. The molecule has 1 heterocycles. The fraction of sp³-hybridized carbons (Fsp3) is 1.00. The van der Waals surface area contributed by atoms with Crippen LogP contribution >= 0.6 is 0 Å². The van der Waals surface area contributed by atoms with Crippen LogP contribution in [0.25, 0.3) is 0 Å². The van der Waals surface area contributed by atoms with Crippen LogP contribution in [0.1, 0.15) is 47.5 Å². The van der Waals surface area contributed by atoms with Gasteiger partial charge in [0, 0.05) is 16.6 Å². The molecule has 0 aromatic carbocycles. The summed E-state index contributed by atoms with van der Waals surface area (Å²) in [6.07, 6.45) is 2.14. The highest BCUT2D eigenvalue weighted by molar-refractivity contribution is 5.05. The van der Waals surface area contributed by atoms with Gasteiger partial charge in [0.2, 0.25) is 0 Å². The van der Waals surface area contributed by atoms with Gasteiger partial charge < -0.3 is 5.73 Å². The molecular weight excluding hydrogens is 160 g/mol. The first-order valence-electron chi connectivity index (χ1n) is 5.10. The topological polar surface area (TPSA) is 29.3 Å². The van der Waals surface area contributed by atoms with Crippen LogP contribution in [0.5, 0.6) is 0 Å². The molecule has 0 aromatic heterocycles. The molecule has 13 heavy (non-hydrogen) atoms. The Bertz CT molecular complexity index is 184. The van der Waals surface area contributed by atoms with Gasteiger partial charge in [-0.05, 0) is 54.5 Å². The average molecular weight is 184 g/mol. The molecule has 1 rings (SSSR count). The smallest absolute Gasteiger partial charge is 0.0172 e. The first-order valence-corrected chi connectivity index (χ1v) is 5.10. The van der Waals surface area contributed by atoms with Crippen LogP contribution < -0.4 is 5.73 Å². The molecule has 0 radical (unpaired) electrons. The average Bonchev–Trinajstić information content (AvgIpc) is 1.77. The van der Waals surface area contributed by atoms with Crippen molar-refractivity contribution in [3.63, 3.8) is 0 Å². The minimum Gasteiger partial charge on any atom is -0.325 e. The van der Waals surface area contributed by atoms with Crippen molar-refractivity contribution in [3.05, 3.63) is 0 Å². The Balaban J connectivity index is 2.96. The van der Waals surface area contributed by atoms with E-state index in [4.69, 9.17) is 5.73 Å². The molecular formula is C11H24N2. The van der Waals surface area contributed by atoms with E-state index in [9.17, 15) is 0 Å². The number of nitrogens with zero attached hydrogens (tertiary/aromatic N) is 1. The van der Waals surface area contributed by atoms with E-state index >= 15 is 0 Å². The van der Waals surface area contributed by atoms with Gasteiger partial charge in [0.05, 0.1) is 0 Å². The number of hydrogen-bond acceptors (Lipinski definition) is 2. The summed E-state index contributed by atoms with van der Waals surface area (Å²) < 4.78 is 0. The molecule has 0 aliphatic carbocycles. The lowest BCUT2D eigenvalue weighted by Gasteiger charge is -2.56. The molecule has 1 saturated heterocycles. The Morgan fingerprint density at radius 1 is 0.923 bits per heavy atom. The van der Waals surface area contributed by atoms with Crippen molar-refractivity contribution in [1.82, 2.24) is 4.90 Å². The number of likely N-dealkylation sites (tertiary alicyclic amines) is 1. The van der Waals surface area contributed by atoms with Gasteiger partial charge in [-0.1, -0.05) is 0 Å². The molecule has 1 aliphatic rings. The number of hydrogen-bond donors (Lipinski definition) is 1. The molecule has 0 atom stereocenters. The Hall–Kier alpha value is -0.0800. The molecule has 0 unspecified atom stereocenters. The summed E-state index contributed by atoms with van der Waals surface area (Å²) >= 11 is 0. The quantitative estimate of drug-likeness (QED) is 0.624. The van der Waals surface area contributed by atoms with Crippen molar-refractivity contribution >= 4 is 0 Å². The van der Waals surface area contributed by atoms with Crippen LogP contribution in [0, 0.1) is 0 Å². The van der Waals surface area contributed by atoms with Crippen molar-refractivity contribution in [1.29, 1.82) is 0 Å². The van der Waals surface area contributed by atoms with E-state index in [-0.39, 0.29) is 16.6 Å². The number of nitrogens with two attached hydrogens (primary N) is 1. The molecule has 0 bridgehead atoms. The highest BCUT2D eigenvalue weighted by atomic mass is 15.2. The minimum absolute atomic E-state index is 0.0144. The van der Waals surface area contributed by atoms with E-state index in [0.29, 0.717) is 0 Å². The maximum atomic E-state index is 6.26. The molecule has 1 aliphatic heterocycles. The third kappa shape index (κ3) is 2.05. The lowest BCUT2D eigenvalue weighted by Crippen LogP contribution is -2.65. The van der Waals surface area contributed by atoms with Gasteiger partial charge in [-0.25, -0.2) is 0 Å². The van der Waals surface area contributed by atoms with E-state index in [1.165, 1.54) is 0 Å². The maximum absolute atomic E-state index is 6.26. The summed E-state index contributed by atoms with van der Waals surface area (Å²) in [6.45, 7) is 11.3. The van der Waals surface area contributed by atoms with Crippen molar-refractivity contribution in [2.75, 3.05) is 7.05 Å². The minimum atomic E-state index is -0.0144. The van der Waals surface area contributed by atoms with Crippen molar-refractivity contribution in [2.45, 2.75) is 64.1 Å². The standard InChI is InChI=1S/C11H24N2/c1-9(2)7-11(5,12)8-10(3,4)13(9)6/h7-8,12H2,1-6H3. The highest BCUT2D eigenvalue weighted by Crippen LogP contribution is 2.40. The van der Waals surface area contributed by atoms with Gasteiger partial charge in [0.15, 0.2) is 0 Å². The second kappa shape index (κ2) is 2.71. The number of piperidine rings is 1. The van der Waals surface area contributed by atoms with E-state index in [2.05, 4.69) is 46.6 Å². The normalized spacial score (nSPS) is 31.6. The van der Waals surface area contributed by atoms with E-state index in [1.807, 2.05) is 0 Å². The van der Waals surface area contributed by atoms with Gasteiger partial charge in [0.1, 0.15) is 0 Å².